The summed E-state index contributed by atoms with van der Waals surface area (Å²) in [5, 5.41) is 2.27. The molecule has 0 N–H and O–H groups in total. The van der Waals surface area contributed by atoms with Gasteiger partial charge in [0, 0.05) is 0 Å². The Kier molecular flexibility index (Phi) is 4.85. The molecule has 102 valence electrons. The second kappa shape index (κ2) is 6.21. The third-order valence-corrected chi connectivity index (χ3v) is 4.79. The first-order valence-electron chi connectivity index (χ1n) is 6.97. The number of alkyl halides is 2. The van der Waals surface area contributed by atoms with Gasteiger partial charge in [0.25, 0.3) is 0 Å². The molecule has 0 aromatic rings. The molecule has 4 heteroatoms. The van der Waals surface area contributed by atoms with E-state index in [-0.39, 0.29) is 17.9 Å². The lowest BCUT2D eigenvalue weighted by molar-refractivity contribution is 0.0463. The third kappa shape index (κ3) is 3.16. The quantitative estimate of drug-likeness (QED) is 0.537. The smallest absolute Gasteiger partial charge is 0.123 e. The first kappa shape index (κ1) is 14.1. The lowest BCUT2D eigenvalue weighted by atomic mass is 9.69. The van der Waals surface area contributed by atoms with Crippen LogP contribution in [0.3, 0.4) is 0 Å². The van der Waals surface area contributed by atoms with Crippen LogP contribution in [0.5, 0.6) is 0 Å². The van der Waals surface area contributed by atoms with E-state index in [1.165, 1.54) is 0 Å². The monoisotopic (exact) mass is 273 g/mol. The Labute approximate surface area is 113 Å². The zero-order valence-corrected chi connectivity index (χ0v) is 11.6. The summed E-state index contributed by atoms with van der Waals surface area (Å²) < 4.78 is 28.0. The van der Waals surface area contributed by atoms with Gasteiger partial charge in [-0.3, -0.25) is 0 Å². The topological polar surface area (TPSA) is 12.4 Å². The van der Waals surface area contributed by atoms with Crippen molar-refractivity contribution in [1.29, 1.82) is 0 Å². The molecule has 0 aromatic heterocycles. The van der Waals surface area contributed by atoms with Gasteiger partial charge >= 0.3 is 0 Å². The van der Waals surface area contributed by atoms with Crippen molar-refractivity contribution >= 4 is 17.4 Å². The number of isothiocyanates is 1. The standard InChI is InChI=1S/C14H21F2NS/c1-9-2-4-11(12(15)6-9)10-3-5-14(17-8-18)13(16)7-10/h9-14H,2-7H2,1H3. The van der Waals surface area contributed by atoms with Crippen LogP contribution in [0.2, 0.25) is 0 Å². The van der Waals surface area contributed by atoms with Crippen molar-refractivity contribution in [3.63, 3.8) is 0 Å². The normalized spacial score (nSPS) is 45.3. The molecule has 0 aromatic carbocycles. The summed E-state index contributed by atoms with van der Waals surface area (Å²) >= 11 is 4.53. The van der Waals surface area contributed by atoms with Gasteiger partial charge in [-0.2, -0.15) is 0 Å². The van der Waals surface area contributed by atoms with Crippen LogP contribution in [0.1, 0.15) is 45.4 Å². The highest BCUT2D eigenvalue weighted by molar-refractivity contribution is 7.78. The highest BCUT2D eigenvalue weighted by atomic mass is 32.1. The maximum atomic E-state index is 14.1. The molecule has 2 fully saturated rings. The van der Waals surface area contributed by atoms with Gasteiger partial charge in [-0.1, -0.05) is 13.3 Å². The first-order chi connectivity index (χ1) is 8.61. The summed E-state index contributed by atoms with van der Waals surface area (Å²) in [6.07, 6.45) is 2.96. The highest BCUT2D eigenvalue weighted by Crippen LogP contribution is 2.42. The molecule has 0 aliphatic heterocycles. The highest BCUT2D eigenvalue weighted by Gasteiger charge is 2.39. The van der Waals surface area contributed by atoms with Crippen molar-refractivity contribution in [2.75, 3.05) is 0 Å². The lowest BCUT2D eigenvalue weighted by Gasteiger charge is -2.39. The van der Waals surface area contributed by atoms with Gasteiger partial charge in [-0.05, 0) is 62.1 Å². The Hall–Kier alpha value is -0.340. The van der Waals surface area contributed by atoms with Crippen LogP contribution in [0, 0.1) is 17.8 Å². The SMILES string of the molecule is CC1CCC(C2CCC(N=C=S)C(F)C2)C(F)C1. The van der Waals surface area contributed by atoms with E-state index in [1.807, 2.05) is 0 Å². The van der Waals surface area contributed by atoms with E-state index >= 15 is 0 Å². The number of thiocarbonyl (C=S) groups is 1. The van der Waals surface area contributed by atoms with Crippen LogP contribution < -0.4 is 0 Å². The molecule has 2 rings (SSSR count). The van der Waals surface area contributed by atoms with Crippen molar-refractivity contribution in [1.82, 2.24) is 0 Å². The second-order valence-corrected chi connectivity index (χ2v) is 6.16. The van der Waals surface area contributed by atoms with Gasteiger partial charge in [0.15, 0.2) is 0 Å². The van der Waals surface area contributed by atoms with E-state index in [9.17, 15) is 8.78 Å². The van der Waals surface area contributed by atoms with E-state index in [0.29, 0.717) is 25.2 Å². The number of hydrogen-bond donors (Lipinski definition) is 0. The number of nitrogens with zero attached hydrogens (tertiary/aromatic N) is 1. The molecular weight excluding hydrogens is 252 g/mol. The first-order valence-corrected chi connectivity index (χ1v) is 7.37. The summed E-state index contributed by atoms with van der Waals surface area (Å²) in [7, 11) is 0. The molecule has 0 bridgehead atoms. The fourth-order valence-electron chi connectivity index (χ4n) is 3.60. The van der Waals surface area contributed by atoms with Crippen molar-refractivity contribution in [3.05, 3.63) is 0 Å². The summed E-state index contributed by atoms with van der Waals surface area (Å²) in [4.78, 5) is 3.87. The van der Waals surface area contributed by atoms with Crippen molar-refractivity contribution in [2.24, 2.45) is 22.7 Å². The number of hydrogen-bond acceptors (Lipinski definition) is 2. The van der Waals surface area contributed by atoms with Gasteiger partial charge in [0.1, 0.15) is 12.3 Å². The Balaban J connectivity index is 1.93. The molecule has 0 saturated heterocycles. The van der Waals surface area contributed by atoms with Crippen molar-refractivity contribution < 1.29 is 8.78 Å². The summed E-state index contributed by atoms with van der Waals surface area (Å²) in [6.45, 7) is 2.10. The molecule has 1 nitrogen and oxygen atoms in total. The third-order valence-electron chi connectivity index (χ3n) is 4.69. The van der Waals surface area contributed by atoms with E-state index < -0.39 is 12.3 Å². The zero-order valence-electron chi connectivity index (χ0n) is 10.8. The van der Waals surface area contributed by atoms with Crippen molar-refractivity contribution in [2.45, 2.75) is 63.8 Å². The molecule has 2 aliphatic carbocycles. The minimum absolute atomic E-state index is 0.0665. The number of rotatable bonds is 2. The molecule has 18 heavy (non-hydrogen) atoms. The van der Waals surface area contributed by atoms with E-state index in [2.05, 4.69) is 29.3 Å². The van der Waals surface area contributed by atoms with Crippen LogP contribution >= 0.6 is 12.2 Å². The van der Waals surface area contributed by atoms with Gasteiger partial charge < -0.3 is 0 Å². The van der Waals surface area contributed by atoms with Crippen LogP contribution in [0.15, 0.2) is 4.99 Å². The molecule has 6 unspecified atom stereocenters. The molecule has 2 aliphatic rings. The van der Waals surface area contributed by atoms with Crippen LogP contribution in [-0.4, -0.2) is 23.5 Å². The van der Waals surface area contributed by atoms with Gasteiger partial charge in [0.05, 0.1) is 11.2 Å². The minimum atomic E-state index is -0.967. The Morgan fingerprint density at radius 1 is 1.06 bits per heavy atom. The summed E-state index contributed by atoms with van der Waals surface area (Å²) in [6, 6.07) is -0.334. The predicted molar refractivity (Wildman–Crippen MR) is 72.5 cm³/mol. The van der Waals surface area contributed by atoms with Crippen LogP contribution in [0.25, 0.3) is 0 Å². The fourth-order valence-corrected chi connectivity index (χ4v) is 3.73. The van der Waals surface area contributed by atoms with Gasteiger partial charge in [0.2, 0.25) is 0 Å². The molecule has 0 amide bonds. The largest absolute Gasteiger partial charge is 0.247 e. The molecular formula is C14H21F2NS. The molecule has 2 saturated carbocycles. The number of aliphatic imine (C=N–C) groups is 1. The summed E-state index contributed by atoms with van der Waals surface area (Å²) in [5.41, 5.74) is 0. The predicted octanol–water partition coefficient (Wildman–Crippen LogP) is 4.37. The second-order valence-electron chi connectivity index (χ2n) is 5.97. The molecule has 6 atom stereocenters. The molecule has 0 heterocycles. The average molecular weight is 273 g/mol. The fraction of sp³-hybridized carbons (Fsp3) is 0.929. The van der Waals surface area contributed by atoms with Gasteiger partial charge in [-0.25, -0.2) is 13.8 Å². The summed E-state index contributed by atoms with van der Waals surface area (Å²) in [5.74, 6) is 0.740. The zero-order chi connectivity index (χ0) is 13.1. The van der Waals surface area contributed by atoms with E-state index in [4.69, 9.17) is 0 Å². The molecule has 0 radical (unpaired) electrons. The Morgan fingerprint density at radius 2 is 1.83 bits per heavy atom. The van der Waals surface area contributed by atoms with E-state index in [0.717, 1.165) is 19.3 Å². The van der Waals surface area contributed by atoms with Crippen LogP contribution in [0.4, 0.5) is 8.78 Å². The maximum absolute atomic E-state index is 14.1. The minimum Gasteiger partial charge on any atom is -0.247 e. The Bertz CT molecular complexity index is 330. The van der Waals surface area contributed by atoms with E-state index in [1.54, 1.807) is 0 Å². The molecule has 0 spiro atoms. The van der Waals surface area contributed by atoms with Crippen LogP contribution in [-0.2, 0) is 0 Å². The maximum Gasteiger partial charge on any atom is 0.123 e. The van der Waals surface area contributed by atoms with Gasteiger partial charge in [-0.15, -0.1) is 0 Å². The average Bonchev–Trinajstić information content (AvgIpc) is 2.32. The van der Waals surface area contributed by atoms with Crippen molar-refractivity contribution in [3.8, 4) is 0 Å². The Morgan fingerprint density at radius 3 is 2.44 bits per heavy atom. The lowest BCUT2D eigenvalue weighted by Crippen LogP contribution is -2.38. The number of halogens is 2.